The van der Waals surface area contributed by atoms with Gasteiger partial charge in [0.2, 0.25) is 0 Å². The summed E-state index contributed by atoms with van der Waals surface area (Å²) < 4.78 is 1.09. The summed E-state index contributed by atoms with van der Waals surface area (Å²) in [4.78, 5) is 4.53. The van der Waals surface area contributed by atoms with Crippen molar-refractivity contribution in [3.63, 3.8) is 0 Å². The molecule has 2 aromatic rings. The number of thioether (sulfide) groups is 1. The Hall–Kier alpha value is -1.26. The summed E-state index contributed by atoms with van der Waals surface area (Å²) in [6, 6.07) is 18.5. The second-order valence-electron chi connectivity index (χ2n) is 4.47. The minimum absolute atomic E-state index is 0.0913. The van der Waals surface area contributed by atoms with E-state index in [1.165, 1.54) is 11.1 Å². The fourth-order valence-corrected chi connectivity index (χ4v) is 2.78. The largest absolute Gasteiger partial charge is 0.379 e. The smallest absolute Gasteiger partial charge is 0.154 e. The Bertz CT molecular complexity index is 567. The molecule has 2 rings (SSSR count). The topological polar surface area (TPSA) is 38.4 Å². The highest BCUT2D eigenvalue weighted by Crippen LogP contribution is 2.20. The molecule has 0 heterocycles. The van der Waals surface area contributed by atoms with E-state index in [2.05, 4.69) is 52.1 Å². The Balaban J connectivity index is 1.92. The molecule has 0 bridgehead atoms. The van der Waals surface area contributed by atoms with E-state index in [-0.39, 0.29) is 6.04 Å². The monoisotopic (exact) mass is 348 g/mol. The Morgan fingerprint density at radius 1 is 1.15 bits per heavy atom. The minimum Gasteiger partial charge on any atom is -0.379 e. The number of rotatable bonds is 4. The second kappa shape index (κ2) is 7.50. The molecule has 0 aliphatic rings. The molecule has 0 aliphatic carbocycles. The quantitative estimate of drug-likeness (QED) is 0.638. The summed E-state index contributed by atoms with van der Waals surface area (Å²) in [5.41, 5.74) is 8.41. The molecule has 2 nitrogen and oxygen atoms in total. The summed E-state index contributed by atoms with van der Waals surface area (Å²) in [7, 11) is 0. The number of hydrogen-bond acceptors (Lipinski definition) is 2. The Morgan fingerprint density at radius 2 is 1.80 bits per heavy atom. The van der Waals surface area contributed by atoms with Gasteiger partial charge in [-0.1, -0.05) is 70.2 Å². The third-order valence-corrected chi connectivity index (χ3v) is 4.31. The highest BCUT2D eigenvalue weighted by atomic mass is 79.9. The van der Waals surface area contributed by atoms with Crippen molar-refractivity contribution in [1.29, 1.82) is 0 Å². The molecule has 0 radical (unpaired) electrons. The van der Waals surface area contributed by atoms with Gasteiger partial charge in [-0.2, -0.15) is 0 Å². The van der Waals surface area contributed by atoms with Crippen LogP contribution in [0.1, 0.15) is 24.1 Å². The van der Waals surface area contributed by atoms with Crippen molar-refractivity contribution in [3.8, 4) is 0 Å². The fraction of sp³-hybridized carbons (Fsp3) is 0.188. The molecule has 0 fully saturated rings. The molecule has 0 aliphatic heterocycles. The number of aliphatic imine (C=N–C) groups is 1. The highest BCUT2D eigenvalue weighted by molar-refractivity contribution is 9.10. The Kier molecular flexibility index (Phi) is 5.68. The zero-order valence-corrected chi connectivity index (χ0v) is 13.7. The van der Waals surface area contributed by atoms with Gasteiger partial charge >= 0.3 is 0 Å². The lowest BCUT2D eigenvalue weighted by Crippen LogP contribution is -2.08. The van der Waals surface area contributed by atoms with E-state index in [9.17, 15) is 0 Å². The molecule has 1 atom stereocenters. The van der Waals surface area contributed by atoms with E-state index in [0.717, 1.165) is 10.2 Å². The Morgan fingerprint density at radius 3 is 2.45 bits per heavy atom. The van der Waals surface area contributed by atoms with Crippen molar-refractivity contribution in [1.82, 2.24) is 0 Å². The normalized spacial score (nSPS) is 13.2. The first-order chi connectivity index (χ1) is 9.65. The average molecular weight is 349 g/mol. The maximum Gasteiger partial charge on any atom is 0.154 e. The highest BCUT2D eigenvalue weighted by Gasteiger charge is 2.04. The summed E-state index contributed by atoms with van der Waals surface area (Å²) in [5, 5.41) is 0.629. The van der Waals surface area contributed by atoms with Crippen molar-refractivity contribution in [2.45, 2.75) is 18.7 Å². The molecular weight excluding hydrogens is 332 g/mol. The lowest BCUT2D eigenvalue weighted by atomic mass is 10.1. The van der Waals surface area contributed by atoms with E-state index >= 15 is 0 Å². The molecule has 0 aromatic heterocycles. The van der Waals surface area contributed by atoms with Gasteiger partial charge in [-0.05, 0) is 30.2 Å². The van der Waals surface area contributed by atoms with Gasteiger partial charge in [0.25, 0.3) is 0 Å². The molecule has 2 N–H and O–H groups in total. The predicted molar refractivity (Wildman–Crippen MR) is 91.9 cm³/mol. The van der Waals surface area contributed by atoms with Crippen LogP contribution in [0.15, 0.2) is 64.1 Å². The standard InChI is InChI=1S/C16H17BrN2S/c1-12(14-5-3-2-4-6-14)19-16(18)20-11-13-7-9-15(17)10-8-13/h2-10,12H,11H2,1H3,(H2,18,19)/t12-/m0/s1. The van der Waals surface area contributed by atoms with Crippen LogP contribution in [0.5, 0.6) is 0 Å². The first-order valence-electron chi connectivity index (χ1n) is 6.40. The van der Waals surface area contributed by atoms with Gasteiger partial charge in [0.1, 0.15) is 0 Å². The van der Waals surface area contributed by atoms with E-state index in [1.54, 1.807) is 11.8 Å². The molecule has 0 saturated heterocycles. The minimum atomic E-state index is 0.0913. The predicted octanol–water partition coefficient (Wildman–Crippen LogP) is 4.76. The fourth-order valence-electron chi connectivity index (χ4n) is 1.77. The van der Waals surface area contributed by atoms with Crippen LogP contribution in [0.3, 0.4) is 0 Å². The van der Waals surface area contributed by atoms with Gasteiger partial charge in [0.05, 0.1) is 6.04 Å². The molecule has 104 valence electrons. The Labute approximate surface area is 132 Å². The number of nitrogens with zero attached hydrogens (tertiary/aromatic N) is 1. The van der Waals surface area contributed by atoms with Crippen molar-refractivity contribution in [2.75, 3.05) is 0 Å². The van der Waals surface area contributed by atoms with Gasteiger partial charge in [-0.15, -0.1) is 0 Å². The van der Waals surface area contributed by atoms with Crippen LogP contribution in [-0.4, -0.2) is 5.17 Å². The van der Waals surface area contributed by atoms with Crippen LogP contribution in [0.2, 0.25) is 0 Å². The van der Waals surface area contributed by atoms with E-state index in [4.69, 9.17) is 5.73 Å². The van der Waals surface area contributed by atoms with Crippen LogP contribution in [0.4, 0.5) is 0 Å². The van der Waals surface area contributed by atoms with Crippen LogP contribution in [0, 0.1) is 0 Å². The number of amidine groups is 1. The lowest BCUT2D eigenvalue weighted by Gasteiger charge is -2.08. The second-order valence-corrected chi connectivity index (χ2v) is 6.38. The maximum absolute atomic E-state index is 5.99. The van der Waals surface area contributed by atoms with Crippen molar-refractivity contribution in [3.05, 3.63) is 70.2 Å². The first-order valence-corrected chi connectivity index (χ1v) is 8.18. The molecule has 20 heavy (non-hydrogen) atoms. The van der Waals surface area contributed by atoms with E-state index < -0.39 is 0 Å². The zero-order valence-electron chi connectivity index (χ0n) is 11.3. The van der Waals surface area contributed by atoms with Crippen molar-refractivity contribution in [2.24, 2.45) is 10.7 Å². The number of hydrogen-bond donors (Lipinski definition) is 1. The van der Waals surface area contributed by atoms with Gasteiger partial charge in [0.15, 0.2) is 5.17 Å². The molecule has 4 heteroatoms. The van der Waals surface area contributed by atoms with Gasteiger partial charge in [0, 0.05) is 10.2 Å². The average Bonchev–Trinajstić information content (AvgIpc) is 2.47. The van der Waals surface area contributed by atoms with Gasteiger partial charge in [-0.3, -0.25) is 4.99 Å². The van der Waals surface area contributed by atoms with Gasteiger partial charge < -0.3 is 5.73 Å². The molecule has 0 saturated carbocycles. The van der Waals surface area contributed by atoms with E-state index in [1.807, 2.05) is 30.3 Å². The van der Waals surface area contributed by atoms with Crippen LogP contribution < -0.4 is 5.73 Å². The number of benzene rings is 2. The lowest BCUT2D eigenvalue weighted by molar-refractivity contribution is 0.822. The van der Waals surface area contributed by atoms with Crippen LogP contribution in [0.25, 0.3) is 0 Å². The van der Waals surface area contributed by atoms with Gasteiger partial charge in [-0.25, -0.2) is 0 Å². The summed E-state index contributed by atoms with van der Waals surface area (Å²) in [6.07, 6.45) is 0. The zero-order chi connectivity index (χ0) is 14.4. The SMILES string of the molecule is C[C@H](N=C(N)SCc1ccc(Br)cc1)c1ccccc1. The number of halogens is 1. The molecule has 0 unspecified atom stereocenters. The summed E-state index contributed by atoms with van der Waals surface area (Å²) in [5.74, 6) is 0.837. The summed E-state index contributed by atoms with van der Waals surface area (Å²) in [6.45, 7) is 2.06. The van der Waals surface area contributed by atoms with Crippen molar-refractivity contribution < 1.29 is 0 Å². The molecular formula is C16H17BrN2S. The van der Waals surface area contributed by atoms with Crippen molar-refractivity contribution >= 4 is 32.9 Å². The third kappa shape index (κ3) is 4.69. The maximum atomic E-state index is 5.99. The third-order valence-electron chi connectivity index (χ3n) is 2.90. The number of nitrogens with two attached hydrogens (primary N) is 1. The molecule has 0 spiro atoms. The van der Waals surface area contributed by atoms with Crippen LogP contribution >= 0.6 is 27.7 Å². The van der Waals surface area contributed by atoms with Crippen LogP contribution in [-0.2, 0) is 5.75 Å². The summed E-state index contributed by atoms with van der Waals surface area (Å²) >= 11 is 5.00. The molecule has 2 aromatic carbocycles. The first kappa shape index (κ1) is 15.1. The molecule has 0 amide bonds. The van der Waals surface area contributed by atoms with E-state index in [0.29, 0.717) is 5.17 Å².